The first-order valence-electron chi connectivity index (χ1n) is 8.91. The number of nitrogens with zero attached hydrogens (tertiary/aromatic N) is 2. The van der Waals surface area contributed by atoms with Crippen LogP contribution in [0.25, 0.3) is 0 Å². The Balaban J connectivity index is 1.97. The first-order chi connectivity index (χ1) is 14.0. The first-order valence-corrected chi connectivity index (χ1v) is 8.91. The summed E-state index contributed by atoms with van der Waals surface area (Å²) in [4.78, 5) is 27.2. The third-order valence-electron chi connectivity index (χ3n) is 4.67. The molecule has 0 atom stereocenters. The molecule has 4 nitrogen and oxygen atoms in total. The number of hydrogen-bond acceptors (Lipinski definition) is 2. The fourth-order valence-electron chi connectivity index (χ4n) is 3.10. The SMILES string of the molecule is O=C1CCCN1CN(C(=O)c1ccc(C(F)(F)F)cc1)c1cccc(C(F)(F)F)c1. The van der Waals surface area contributed by atoms with E-state index in [9.17, 15) is 35.9 Å². The van der Waals surface area contributed by atoms with Crippen LogP contribution in [0.4, 0.5) is 32.0 Å². The minimum Gasteiger partial charge on any atom is -0.324 e. The summed E-state index contributed by atoms with van der Waals surface area (Å²) in [5.41, 5.74) is -2.21. The molecular weight excluding hydrogens is 414 g/mol. The third kappa shape index (κ3) is 4.74. The van der Waals surface area contributed by atoms with Gasteiger partial charge in [-0.15, -0.1) is 0 Å². The molecule has 2 aromatic carbocycles. The van der Waals surface area contributed by atoms with E-state index in [1.807, 2.05) is 0 Å². The first kappa shape index (κ1) is 21.7. The lowest BCUT2D eigenvalue weighted by atomic mass is 10.1. The van der Waals surface area contributed by atoms with Crippen molar-refractivity contribution in [2.45, 2.75) is 25.2 Å². The summed E-state index contributed by atoms with van der Waals surface area (Å²) in [5.74, 6) is -1.07. The predicted molar refractivity (Wildman–Crippen MR) is 95.5 cm³/mol. The summed E-state index contributed by atoms with van der Waals surface area (Å²) >= 11 is 0. The maximum atomic E-state index is 13.1. The van der Waals surface area contributed by atoms with Gasteiger partial charge >= 0.3 is 12.4 Å². The Bertz CT molecular complexity index is 938. The number of rotatable bonds is 4. The van der Waals surface area contributed by atoms with Crippen LogP contribution in [-0.4, -0.2) is 29.9 Å². The van der Waals surface area contributed by atoms with Crippen molar-refractivity contribution < 1.29 is 35.9 Å². The lowest BCUT2D eigenvalue weighted by Gasteiger charge is -2.28. The van der Waals surface area contributed by atoms with E-state index in [2.05, 4.69) is 0 Å². The molecule has 3 rings (SSSR count). The summed E-state index contributed by atoms with van der Waals surface area (Å²) in [6, 6.07) is 7.36. The van der Waals surface area contributed by atoms with Gasteiger partial charge in [-0.25, -0.2) is 0 Å². The van der Waals surface area contributed by atoms with Crippen LogP contribution >= 0.6 is 0 Å². The number of halogens is 6. The fourth-order valence-corrected chi connectivity index (χ4v) is 3.10. The Hall–Kier alpha value is -3.04. The average Bonchev–Trinajstić information content (AvgIpc) is 3.09. The van der Waals surface area contributed by atoms with E-state index >= 15 is 0 Å². The van der Waals surface area contributed by atoms with Crippen LogP contribution in [-0.2, 0) is 17.1 Å². The summed E-state index contributed by atoms with van der Waals surface area (Å²) in [6.45, 7) is 0.0224. The van der Waals surface area contributed by atoms with E-state index in [0.717, 1.165) is 47.4 Å². The second kappa shape index (κ2) is 8.00. The highest BCUT2D eigenvalue weighted by Crippen LogP contribution is 2.33. The number of likely N-dealkylation sites (tertiary alicyclic amines) is 1. The van der Waals surface area contributed by atoms with Crippen LogP contribution in [0.3, 0.4) is 0 Å². The van der Waals surface area contributed by atoms with Crippen molar-refractivity contribution in [3.8, 4) is 0 Å². The van der Waals surface area contributed by atoms with Crippen molar-refractivity contribution in [2.75, 3.05) is 18.1 Å². The molecular formula is C20H16F6N2O2. The summed E-state index contributed by atoms with van der Waals surface area (Å²) in [5, 5.41) is 0. The molecule has 1 heterocycles. The van der Waals surface area contributed by atoms with Gasteiger partial charge in [0.15, 0.2) is 0 Å². The number of hydrogen-bond donors (Lipinski definition) is 0. The van der Waals surface area contributed by atoms with Gasteiger partial charge in [0.25, 0.3) is 5.91 Å². The maximum Gasteiger partial charge on any atom is 0.416 e. The third-order valence-corrected chi connectivity index (χ3v) is 4.67. The van der Waals surface area contributed by atoms with E-state index < -0.39 is 29.4 Å². The zero-order valence-corrected chi connectivity index (χ0v) is 15.4. The highest BCUT2D eigenvalue weighted by atomic mass is 19.4. The highest BCUT2D eigenvalue weighted by Gasteiger charge is 2.33. The second-order valence-corrected chi connectivity index (χ2v) is 6.76. The molecule has 10 heteroatoms. The van der Waals surface area contributed by atoms with Gasteiger partial charge in [-0.3, -0.25) is 14.5 Å². The molecule has 0 saturated carbocycles. The van der Waals surface area contributed by atoms with E-state index in [4.69, 9.17) is 0 Å². The standard InChI is InChI=1S/C20H16F6N2O2/c21-19(22,23)14-8-6-13(7-9-14)18(30)28(12-27-10-2-5-17(27)29)16-4-1-3-15(11-16)20(24,25)26/h1,3-4,6-9,11H,2,5,10,12H2. The molecule has 0 unspecified atom stereocenters. The lowest BCUT2D eigenvalue weighted by molar-refractivity contribution is -0.138. The van der Waals surface area contributed by atoms with Gasteiger partial charge < -0.3 is 4.90 Å². The molecule has 1 aliphatic rings. The number of benzene rings is 2. The van der Waals surface area contributed by atoms with Gasteiger partial charge in [0.05, 0.1) is 11.1 Å². The van der Waals surface area contributed by atoms with Gasteiger partial charge in [0.2, 0.25) is 5.91 Å². The number of carbonyl (C=O) groups is 2. The summed E-state index contributed by atoms with van der Waals surface area (Å²) < 4.78 is 77.6. The molecule has 30 heavy (non-hydrogen) atoms. The van der Waals surface area contributed by atoms with E-state index in [-0.39, 0.29) is 30.2 Å². The Morgan fingerprint density at radius 2 is 1.57 bits per heavy atom. The summed E-state index contributed by atoms with van der Waals surface area (Å²) in [6.07, 6.45) is -8.44. The molecule has 160 valence electrons. The topological polar surface area (TPSA) is 40.6 Å². The quantitative estimate of drug-likeness (QED) is 0.644. The molecule has 0 N–H and O–H groups in total. The van der Waals surface area contributed by atoms with Crippen LogP contribution in [0.1, 0.15) is 34.3 Å². The second-order valence-electron chi connectivity index (χ2n) is 6.76. The highest BCUT2D eigenvalue weighted by molar-refractivity contribution is 6.06. The maximum absolute atomic E-state index is 13.1. The summed E-state index contributed by atoms with van der Waals surface area (Å²) in [7, 11) is 0. The van der Waals surface area contributed by atoms with Crippen molar-refractivity contribution >= 4 is 17.5 Å². The van der Waals surface area contributed by atoms with Crippen LogP contribution in [0, 0.1) is 0 Å². The normalized spacial score (nSPS) is 14.9. The van der Waals surface area contributed by atoms with Crippen molar-refractivity contribution in [1.29, 1.82) is 0 Å². The van der Waals surface area contributed by atoms with Gasteiger partial charge in [-0.05, 0) is 48.9 Å². The Morgan fingerprint density at radius 1 is 0.933 bits per heavy atom. The van der Waals surface area contributed by atoms with Gasteiger partial charge in [-0.1, -0.05) is 6.07 Å². The monoisotopic (exact) mass is 430 g/mol. The van der Waals surface area contributed by atoms with E-state index in [1.54, 1.807) is 0 Å². The predicted octanol–water partition coefficient (Wildman–Crippen LogP) is 4.95. The van der Waals surface area contributed by atoms with E-state index in [1.165, 1.54) is 11.0 Å². The van der Waals surface area contributed by atoms with Crippen LogP contribution < -0.4 is 4.90 Å². The Morgan fingerprint density at radius 3 is 2.10 bits per heavy atom. The molecule has 2 aromatic rings. The molecule has 0 radical (unpaired) electrons. The molecule has 1 saturated heterocycles. The van der Waals surface area contributed by atoms with Crippen molar-refractivity contribution in [3.63, 3.8) is 0 Å². The van der Waals surface area contributed by atoms with Gasteiger partial charge in [0.1, 0.15) is 6.67 Å². The largest absolute Gasteiger partial charge is 0.416 e. The lowest BCUT2D eigenvalue weighted by Crippen LogP contribution is -2.42. The van der Waals surface area contributed by atoms with Crippen LogP contribution in [0.5, 0.6) is 0 Å². The van der Waals surface area contributed by atoms with Gasteiger partial charge in [-0.2, -0.15) is 26.3 Å². The Labute approximate surface area is 167 Å². The molecule has 0 aliphatic carbocycles. The molecule has 0 bridgehead atoms. The number of anilines is 1. The molecule has 1 aliphatic heterocycles. The molecule has 0 aromatic heterocycles. The van der Waals surface area contributed by atoms with Crippen LogP contribution in [0.15, 0.2) is 48.5 Å². The average molecular weight is 430 g/mol. The van der Waals surface area contributed by atoms with Crippen molar-refractivity contribution in [1.82, 2.24) is 4.90 Å². The van der Waals surface area contributed by atoms with Crippen molar-refractivity contribution in [2.24, 2.45) is 0 Å². The minimum atomic E-state index is -4.65. The minimum absolute atomic E-state index is 0.116. The Kier molecular flexibility index (Phi) is 5.78. The van der Waals surface area contributed by atoms with E-state index in [0.29, 0.717) is 13.0 Å². The molecule has 2 amide bonds. The number of alkyl halides is 6. The fraction of sp³-hybridized carbons (Fsp3) is 0.300. The zero-order chi connectivity index (χ0) is 22.1. The molecule has 0 spiro atoms. The van der Waals surface area contributed by atoms with Crippen LogP contribution in [0.2, 0.25) is 0 Å². The molecule has 1 fully saturated rings. The van der Waals surface area contributed by atoms with Crippen molar-refractivity contribution in [3.05, 3.63) is 65.2 Å². The smallest absolute Gasteiger partial charge is 0.324 e. The zero-order valence-electron chi connectivity index (χ0n) is 15.4. The number of amides is 2. The van der Waals surface area contributed by atoms with Gasteiger partial charge in [0, 0.05) is 24.2 Å². The number of carbonyl (C=O) groups excluding carboxylic acids is 2.